The van der Waals surface area contributed by atoms with Crippen molar-refractivity contribution in [3.8, 4) is 5.75 Å². The summed E-state index contributed by atoms with van der Waals surface area (Å²) in [6.07, 6.45) is 8.34. The molecule has 4 nitrogen and oxygen atoms in total. The molecule has 1 aliphatic heterocycles. The molecule has 4 heteroatoms. The quantitative estimate of drug-likeness (QED) is 0.792. The van der Waals surface area contributed by atoms with E-state index in [9.17, 15) is 9.90 Å². The number of piperidine rings is 1. The minimum absolute atomic E-state index is 0.0742. The molecule has 1 aliphatic carbocycles. The third kappa shape index (κ3) is 4.35. The Morgan fingerprint density at radius 1 is 1.24 bits per heavy atom. The zero-order valence-corrected chi connectivity index (χ0v) is 15.4. The van der Waals surface area contributed by atoms with Crippen molar-refractivity contribution in [1.82, 2.24) is 4.90 Å². The number of carbonyl (C=O) groups is 1. The Bertz CT molecular complexity index is 571. The van der Waals surface area contributed by atoms with Crippen LogP contribution in [0.25, 0.3) is 0 Å². The van der Waals surface area contributed by atoms with Gasteiger partial charge in [0.25, 0.3) is 5.91 Å². The summed E-state index contributed by atoms with van der Waals surface area (Å²) in [7, 11) is 0. The number of hydrogen-bond acceptors (Lipinski definition) is 3. The molecular weight excluding hydrogens is 314 g/mol. The Balaban J connectivity index is 1.56. The molecule has 0 bridgehead atoms. The van der Waals surface area contributed by atoms with Crippen LogP contribution in [0.3, 0.4) is 0 Å². The number of amides is 1. The van der Waals surface area contributed by atoms with Crippen molar-refractivity contribution in [2.45, 2.75) is 63.9 Å². The maximum atomic E-state index is 12.8. The molecule has 3 rings (SSSR count). The molecule has 2 aliphatic rings. The van der Waals surface area contributed by atoms with Gasteiger partial charge in [-0.2, -0.15) is 0 Å². The number of fused-ring (bicyclic) bond motifs is 1. The topological polar surface area (TPSA) is 49.8 Å². The normalized spacial score (nSPS) is 26.2. The number of carbonyl (C=O) groups excluding carboxylic acids is 1. The van der Waals surface area contributed by atoms with Crippen molar-refractivity contribution in [1.29, 1.82) is 0 Å². The molecule has 0 radical (unpaired) electrons. The van der Waals surface area contributed by atoms with E-state index in [1.165, 1.54) is 19.3 Å². The van der Waals surface area contributed by atoms with Crippen LogP contribution >= 0.6 is 0 Å². The highest BCUT2D eigenvalue weighted by Crippen LogP contribution is 2.40. The monoisotopic (exact) mass is 345 g/mol. The predicted octanol–water partition coefficient (Wildman–Crippen LogP) is 4.02. The SMILES string of the molecule is CCCCCOc1ccc(C(=O)N2CCC3(O)CCCCC3C2)cc1. The number of rotatable bonds is 6. The Morgan fingerprint density at radius 2 is 2.04 bits per heavy atom. The molecule has 1 aromatic rings. The first-order valence-corrected chi connectivity index (χ1v) is 9.87. The average Bonchev–Trinajstić information content (AvgIpc) is 2.64. The lowest BCUT2D eigenvalue weighted by Gasteiger charge is -2.47. The average molecular weight is 345 g/mol. The zero-order valence-electron chi connectivity index (χ0n) is 15.4. The minimum atomic E-state index is -0.536. The van der Waals surface area contributed by atoms with Crippen LogP contribution in [0.5, 0.6) is 5.75 Å². The van der Waals surface area contributed by atoms with Crippen LogP contribution < -0.4 is 4.74 Å². The van der Waals surface area contributed by atoms with Crippen LogP contribution in [0, 0.1) is 5.92 Å². The van der Waals surface area contributed by atoms with E-state index in [0.717, 1.165) is 38.0 Å². The van der Waals surface area contributed by atoms with E-state index in [1.54, 1.807) is 0 Å². The fourth-order valence-electron chi connectivity index (χ4n) is 4.17. The van der Waals surface area contributed by atoms with Gasteiger partial charge in [-0.05, 0) is 49.9 Å². The van der Waals surface area contributed by atoms with Crippen molar-refractivity contribution in [2.24, 2.45) is 5.92 Å². The van der Waals surface area contributed by atoms with Crippen LogP contribution in [0.4, 0.5) is 0 Å². The van der Waals surface area contributed by atoms with Crippen molar-refractivity contribution in [3.63, 3.8) is 0 Å². The van der Waals surface area contributed by atoms with Crippen LogP contribution in [0.15, 0.2) is 24.3 Å². The highest BCUT2D eigenvalue weighted by molar-refractivity contribution is 5.94. The van der Waals surface area contributed by atoms with Gasteiger partial charge in [0.05, 0.1) is 12.2 Å². The van der Waals surface area contributed by atoms with E-state index in [2.05, 4.69) is 6.92 Å². The first kappa shape index (κ1) is 18.2. The molecule has 0 aromatic heterocycles. The van der Waals surface area contributed by atoms with Crippen molar-refractivity contribution >= 4 is 5.91 Å². The van der Waals surface area contributed by atoms with E-state index in [1.807, 2.05) is 29.2 Å². The Labute approximate surface area is 151 Å². The molecule has 2 unspecified atom stereocenters. The predicted molar refractivity (Wildman–Crippen MR) is 98.9 cm³/mol. The number of unbranched alkanes of at least 4 members (excludes halogenated alkanes) is 2. The summed E-state index contributed by atoms with van der Waals surface area (Å²) >= 11 is 0. The minimum Gasteiger partial charge on any atom is -0.494 e. The number of benzene rings is 1. The van der Waals surface area contributed by atoms with Crippen molar-refractivity contribution in [2.75, 3.05) is 19.7 Å². The third-order valence-corrected chi connectivity index (χ3v) is 5.83. The summed E-state index contributed by atoms with van der Waals surface area (Å²) in [6.45, 7) is 4.24. The number of ether oxygens (including phenoxy) is 1. The van der Waals surface area contributed by atoms with Crippen LogP contribution in [0.2, 0.25) is 0 Å². The summed E-state index contributed by atoms with van der Waals surface area (Å²) in [5, 5.41) is 10.8. The summed E-state index contributed by atoms with van der Waals surface area (Å²) < 4.78 is 5.71. The maximum Gasteiger partial charge on any atom is 0.253 e. The molecule has 1 heterocycles. The summed E-state index contributed by atoms with van der Waals surface area (Å²) in [4.78, 5) is 14.7. The third-order valence-electron chi connectivity index (χ3n) is 5.83. The molecule has 25 heavy (non-hydrogen) atoms. The number of likely N-dealkylation sites (tertiary alicyclic amines) is 1. The summed E-state index contributed by atoms with van der Waals surface area (Å²) in [5.74, 6) is 1.14. The smallest absolute Gasteiger partial charge is 0.253 e. The largest absolute Gasteiger partial charge is 0.494 e. The van der Waals surface area contributed by atoms with E-state index < -0.39 is 5.60 Å². The van der Waals surface area contributed by atoms with Crippen LogP contribution in [-0.4, -0.2) is 41.2 Å². The van der Waals surface area contributed by atoms with Gasteiger partial charge in [-0.15, -0.1) is 0 Å². The molecule has 1 N–H and O–H groups in total. The fourth-order valence-corrected chi connectivity index (χ4v) is 4.17. The lowest BCUT2D eigenvalue weighted by Crippen LogP contribution is -2.54. The van der Waals surface area contributed by atoms with Gasteiger partial charge in [-0.1, -0.05) is 32.6 Å². The van der Waals surface area contributed by atoms with Crippen LogP contribution in [0.1, 0.15) is 68.6 Å². The molecule has 1 saturated carbocycles. The molecule has 1 aromatic carbocycles. The second kappa shape index (κ2) is 8.22. The zero-order chi connectivity index (χ0) is 17.7. The lowest BCUT2D eigenvalue weighted by atomic mass is 9.71. The summed E-state index contributed by atoms with van der Waals surface area (Å²) in [5.41, 5.74) is 0.174. The van der Waals surface area contributed by atoms with E-state index in [4.69, 9.17) is 4.74 Å². The van der Waals surface area contributed by atoms with Gasteiger partial charge >= 0.3 is 0 Å². The standard InChI is InChI=1S/C21H31NO3/c1-2-3-6-15-25-19-10-8-17(9-11-19)20(23)22-14-13-21(24)12-5-4-7-18(21)16-22/h8-11,18,24H,2-7,12-16H2,1H3. The second-order valence-electron chi connectivity index (χ2n) is 7.63. The molecule has 1 saturated heterocycles. The van der Waals surface area contributed by atoms with Gasteiger partial charge in [-0.25, -0.2) is 0 Å². The van der Waals surface area contributed by atoms with E-state index in [-0.39, 0.29) is 11.8 Å². The van der Waals surface area contributed by atoms with Gasteiger partial charge < -0.3 is 14.7 Å². The van der Waals surface area contributed by atoms with E-state index in [0.29, 0.717) is 25.1 Å². The fraction of sp³-hybridized carbons (Fsp3) is 0.667. The van der Waals surface area contributed by atoms with E-state index >= 15 is 0 Å². The first-order valence-electron chi connectivity index (χ1n) is 9.87. The second-order valence-corrected chi connectivity index (χ2v) is 7.63. The Morgan fingerprint density at radius 3 is 2.80 bits per heavy atom. The molecule has 0 spiro atoms. The summed E-state index contributed by atoms with van der Waals surface area (Å²) in [6, 6.07) is 7.50. The number of hydrogen-bond donors (Lipinski definition) is 1. The highest BCUT2D eigenvalue weighted by Gasteiger charge is 2.43. The molecular formula is C21H31NO3. The molecule has 138 valence electrons. The number of aliphatic hydroxyl groups is 1. The Kier molecular flexibility index (Phi) is 6.00. The maximum absolute atomic E-state index is 12.8. The van der Waals surface area contributed by atoms with Crippen molar-refractivity contribution in [3.05, 3.63) is 29.8 Å². The molecule has 2 atom stereocenters. The van der Waals surface area contributed by atoms with Gasteiger partial charge in [0.2, 0.25) is 0 Å². The first-order chi connectivity index (χ1) is 12.1. The number of nitrogens with zero attached hydrogens (tertiary/aromatic N) is 1. The Hall–Kier alpha value is -1.55. The van der Waals surface area contributed by atoms with Crippen molar-refractivity contribution < 1.29 is 14.6 Å². The van der Waals surface area contributed by atoms with Gasteiger partial charge in [0, 0.05) is 24.6 Å². The lowest BCUT2D eigenvalue weighted by molar-refractivity contribution is -0.0886. The van der Waals surface area contributed by atoms with Gasteiger partial charge in [0.1, 0.15) is 5.75 Å². The molecule has 2 fully saturated rings. The molecule has 1 amide bonds. The van der Waals surface area contributed by atoms with Gasteiger partial charge in [-0.3, -0.25) is 4.79 Å². The van der Waals surface area contributed by atoms with Gasteiger partial charge in [0.15, 0.2) is 0 Å². The van der Waals surface area contributed by atoms with Crippen LogP contribution in [-0.2, 0) is 0 Å². The highest BCUT2D eigenvalue weighted by atomic mass is 16.5.